The van der Waals surface area contributed by atoms with E-state index in [1.165, 1.54) is 0 Å². The van der Waals surface area contributed by atoms with Gasteiger partial charge in [0.2, 0.25) is 0 Å². The van der Waals surface area contributed by atoms with Crippen LogP contribution in [0.1, 0.15) is 45.3 Å². The van der Waals surface area contributed by atoms with Gasteiger partial charge in [-0.15, -0.1) is 0 Å². The molecular formula is C12H22N2O. The Labute approximate surface area is 92.1 Å². The number of rotatable bonds is 6. The van der Waals surface area contributed by atoms with Crippen molar-refractivity contribution in [2.75, 3.05) is 6.61 Å². The first kappa shape index (κ1) is 12.2. The van der Waals surface area contributed by atoms with Crippen molar-refractivity contribution in [2.24, 2.45) is 5.92 Å². The van der Waals surface area contributed by atoms with Crippen LogP contribution in [0.5, 0.6) is 0 Å². The second kappa shape index (κ2) is 5.91. The SMILES string of the molecule is CCCC(CO)Cc1ccn(C(C)C)n1. The monoisotopic (exact) mass is 210 g/mol. The molecule has 15 heavy (non-hydrogen) atoms. The van der Waals surface area contributed by atoms with Crippen LogP contribution in [0.2, 0.25) is 0 Å². The Hall–Kier alpha value is -0.830. The van der Waals surface area contributed by atoms with Gasteiger partial charge in [0, 0.05) is 18.8 Å². The molecule has 0 aliphatic heterocycles. The Balaban J connectivity index is 2.55. The molecule has 86 valence electrons. The van der Waals surface area contributed by atoms with E-state index in [-0.39, 0.29) is 6.61 Å². The summed E-state index contributed by atoms with van der Waals surface area (Å²) >= 11 is 0. The highest BCUT2D eigenvalue weighted by molar-refractivity contribution is 5.00. The van der Waals surface area contributed by atoms with Crippen LogP contribution in [-0.2, 0) is 6.42 Å². The number of aromatic nitrogens is 2. The number of nitrogens with zero attached hydrogens (tertiary/aromatic N) is 2. The van der Waals surface area contributed by atoms with Crippen molar-refractivity contribution in [1.82, 2.24) is 9.78 Å². The van der Waals surface area contributed by atoms with E-state index >= 15 is 0 Å². The molecule has 0 bridgehead atoms. The van der Waals surface area contributed by atoms with Crippen molar-refractivity contribution in [3.63, 3.8) is 0 Å². The smallest absolute Gasteiger partial charge is 0.0628 e. The molecule has 0 saturated heterocycles. The molecule has 0 aliphatic carbocycles. The molecule has 0 spiro atoms. The van der Waals surface area contributed by atoms with E-state index in [1.54, 1.807) is 0 Å². The van der Waals surface area contributed by atoms with Gasteiger partial charge < -0.3 is 5.11 Å². The van der Waals surface area contributed by atoms with Crippen molar-refractivity contribution in [3.8, 4) is 0 Å². The molecule has 0 amide bonds. The molecule has 1 heterocycles. The number of hydrogen-bond acceptors (Lipinski definition) is 2. The third-order valence-corrected chi connectivity index (χ3v) is 2.65. The normalized spacial score (nSPS) is 13.4. The third kappa shape index (κ3) is 3.67. The quantitative estimate of drug-likeness (QED) is 0.783. The molecule has 0 aromatic carbocycles. The number of aliphatic hydroxyl groups is 1. The van der Waals surface area contributed by atoms with Crippen LogP contribution >= 0.6 is 0 Å². The van der Waals surface area contributed by atoms with Crippen LogP contribution in [-0.4, -0.2) is 21.5 Å². The van der Waals surface area contributed by atoms with E-state index < -0.39 is 0 Å². The van der Waals surface area contributed by atoms with Gasteiger partial charge in [0.15, 0.2) is 0 Å². The summed E-state index contributed by atoms with van der Waals surface area (Å²) in [5.41, 5.74) is 1.09. The minimum atomic E-state index is 0.266. The summed E-state index contributed by atoms with van der Waals surface area (Å²) < 4.78 is 1.97. The number of hydrogen-bond donors (Lipinski definition) is 1. The maximum Gasteiger partial charge on any atom is 0.0628 e. The lowest BCUT2D eigenvalue weighted by Crippen LogP contribution is -2.10. The zero-order valence-electron chi connectivity index (χ0n) is 9.98. The lowest BCUT2D eigenvalue weighted by Gasteiger charge is -2.10. The summed E-state index contributed by atoms with van der Waals surface area (Å²) in [7, 11) is 0. The number of aliphatic hydroxyl groups excluding tert-OH is 1. The molecule has 3 heteroatoms. The second-order valence-electron chi connectivity index (χ2n) is 4.42. The molecule has 1 rings (SSSR count). The van der Waals surface area contributed by atoms with Crippen LogP contribution in [0.3, 0.4) is 0 Å². The van der Waals surface area contributed by atoms with Gasteiger partial charge in [-0.1, -0.05) is 13.3 Å². The fraction of sp³-hybridized carbons (Fsp3) is 0.750. The lowest BCUT2D eigenvalue weighted by molar-refractivity contribution is 0.216. The first-order valence-electron chi connectivity index (χ1n) is 5.82. The van der Waals surface area contributed by atoms with E-state index in [2.05, 4.69) is 31.9 Å². The van der Waals surface area contributed by atoms with Gasteiger partial charge in [0.25, 0.3) is 0 Å². The molecule has 1 aromatic rings. The average Bonchev–Trinajstić information content (AvgIpc) is 2.65. The standard InChI is InChI=1S/C12H22N2O/c1-4-5-11(9-15)8-12-6-7-14(13-12)10(2)3/h6-7,10-11,15H,4-5,8-9H2,1-3H3. The van der Waals surface area contributed by atoms with E-state index in [9.17, 15) is 5.11 Å². The largest absolute Gasteiger partial charge is 0.396 e. The summed E-state index contributed by atoms with van der Waals surface area (Å²) in [4.78, 5) is 0. The molecule has 0 radical (unpaired) electrons. The van der Waals surface area contributed by atoms with Crippen molar-refractivity contribution in [1.29, 1.82) is 0 Å². The molecule has 3 nitrogen and oxygen atoms in total. The highest BCUT2D eigenvalue weighted by Gasteiger charge is 2.10. The highest BCUT2D eigenvalue weighted by atomic mass is 16.3. The molecular weight excluding hydrogens is 188 g/mol. The van der Waals surface area contributed by atoms with Gasteiger partial charge in [0.1, 0.15) is 0 Å². The van der Waals surface area contributed by atoms with E-state index in [0.717, 1.165) is 25.0 Å². The third-order valence-electron chi connectivity index (χ3n) is 2.65. The van der Waals surface area contributed by atoms with Gasteiger partial charge in [-0.05, 0) is 38.7 Å². The Morgan fingerprint density at radius 1 is 1.47 bits per heavy atom. The summed E-state index contributed by atoms with van der Waals surface area (Å²) in [5.74, 6) is 0.366. The van der Waals surface area contributed by atoms with Gasteiger partial charge in [-0.3, -0.25) is 4.68 Å². The van der Waals surface area contributed by atoms with Crippen molar-refractivity contribution in [3.05, 3.63) is 18.0 Å². The molecule has 1 aromatic heterocycles. The predicted octanol–water partition coefficient (Wildman–Crippen LogP) is 2.42. The molecule has 1 atom stereocenters. The van der Waals surface area contributed by atoms with Crippen LogP contribution in [0.25, 0.3) is 0 Å². The lowest BCUT2D eigenvalue weighted by atomic mass is 9.99. The maximum atomic E-state index is 9.20. The van der Waals surface area contributed by atoms with E-state index in [1.807, 2.05) is 10.9 Å². The van der Waals surface area contributed by atoms with Gasteiger partial charge in [-0.25, -0.2) is 0 Å². The minimum Gasteiger partial charge on any atom is -0.396 e. The van der Waals surface area contributed by atoms with Crippen LogP contribution in [0, 0.1) is 5.92 Å². The summed E-state index contributed by atoms with van der Waals surface area (Å²) in [6.07, 6.45) is 5.10. The first-order valence-corrected chi connectivity index (χ1v) is 5.82. The van der Waals surface area contributed by atoms with Gasteiger partial charge in [0.05, 0.1) is 5.69 Å². The molecule has 1 unspecified atom stereocenters. The fourth-order valence-corrected chi connectivity index (χ4v) is 1.74. The van der Waals surface area contributed by atoms with Gasteiger partial charge in [-0.2, -0.15) is 5.10 Å². The summed E-state index contributed by atoms with van der Waals surface area (Å²) in [5, 5.41) is 13.7. The van der Waals surface area contributed by atoms with Crippen LogP contribution in [0.15, 0.2) is 12.3 Å². The Morgan fingerprint density at radius 2 is 2.20 bits per heavy atom. The van der Waals surface area contributed by atoms with Gasteiger partial charge >= 0.3 is 0 Å². The first-order chi connectivity index (χ1) is 7.17. The topological polar surface area (TPSA) is 38.0 Å². The predicted molar refractivity (Wildman–Crippen MR) is 61.8 cm³/mol. The molecule has 1 N–H and O–H groups in total. The van der Waals surface area contributed by atoms with Crippen LogP contribution < -0.4 is 0 Å². The Morgan fingerprint density at radius 3 is 2.67 bits per heavy atom. The van der Waals surface area contributed by atoms with E-state index in [0.29, 0.717) is 12.0 Å². The molecule has 0 fully saturated rings. The van der Waals surface area contributed by atoms with Crippen molar-refractivity contribution >= 4 is 0 Å². The maximum absolute atomic E-state index is 9.20. The molecule has 0 saturated carbocycles. The van der Waals surface area contributed by atoms with Crippen LogP contribution in [0.4, 0.5) is 0 Å². The Bertz CT molecular complexity index is 281. The zero-order chi connectivity index (χ0) is 11.3. The minimum absolute atomic E-state index is 0.266. The molecule has 0 aliphatic rings. The fourth-order valence-electron chi connectivity index (χ4n) is 1.74. The second-order valence-corrected chi connectivity index (χ2v) is 4.42. The van der Waals surface area contributed by atoms with E-state index in [4.69, 9.17) is 0 Å². The van der Waals surface area contributed by atoms with Crippen molar-refractivity contribution < 1.29 is 5.11 Å². The highest BCUT2D eigenvalue weighted by Crippen LogP contribution is 2.13. The zero-order valence-corrected chi connectivity index (χ0v) is 9.98. The van der Waals surface area contributed by atoms with Crippen molar-refractivity contribution in [2.45, 2.75) is 46.1 Å². The summed E-state index contributed by atoms with van der Waals surface area (Å²) in [6.45, 7) is 6.65. The Kier molecular flexibility index (Phi) is 4.82. The summed E-state index contributed by atoms with van der Waals surface area (Å²) in [6, 6.07) is 2.47. The average molecular weight is 210 g/mol.